The second-order valence-corrected chi connectivity index (χ2v) is 7.04. The second-order valence-electron chi connectivity index (χ2n) is 6.12. The Hall–Kier alpha value is -0.410. The lowest BCUT2D eigenvalue weighted by Gasteiger charge is -2.32. The van der Waals surface area contributed by atoms with Crippen LogP contribution < -0.4 is 5.32 Å². The predicted octanol–water partition coefficient (Wildman–Crippen LogP) is 4.40. The maximum Gasteiger partial charge on any atom is 0.109 e. The summed E-state index contributed by atoms with van der Waals surface area (Å²) < 4.78 is 0. The largest absolute Gasteiger partial charge is 0.305 e. The molecule has 18 heavy (non-hydrogen) atoms. The smallest absolute Gasteiger partial charge is 0.109 e. The first kappa shape index (κ1) is 14.0. The third kappa shape index (κ3) is 4.06. The van der Waals surface area contributed by atoms with E-state index in [4.69, 9.17) is 0 Å². The molecule has 1 aromatic heterocycles. The molecule has 0 amide bonds. The van der Waals surface area contributed by atoms with Crippen molar-refractivity contribution in [3.8, 4) is 0 Å². The van der Waals surface area contributed by atoms with Crippen molar-refractivity contribution in [2.45, 2.75) is 65.0 Å². The summed E-state index contributed by atoms with van der Waals surface area (Å²) in [6, 6.07) is 1.11. The van der Waals surface area contributed by atoms with Gasteiger partial charge in [0.15, 0.2) is 0 Å². The molecule has 3 unspecified atom stereocenters. The molecule has 3 atom stereocenters. The lowest BCUT2D eigenvalue weighted by molar-refractivity contribution is 0.242. The molecule has 0 aliphatic heterocycles. The van der Waals surface area contributed by atoms with Gasteiger partial charge >= 0.3 is 0 Å². The Bertz CT molecular complexity index is 334. The fourth-order valence-corrected chi connectivity index (χ4v) is 3.85. The first-order valence-corrected chi connectivity index (χ1v) is 8.18. The minimum absolute atomic E-state index is 0.410. The van der Waals surface area contributed by atoms with Crippen molar-refractivity contribution in [2.24, 2.45) is 11.8 Å². The minimum atomic E-state index is 0.410. The molecule has 0 aromatic carbocycles. The molecule has 3 heteroatoms. The van der Waals surface area contributed by atoms with Crippen LogP contribution in [-0.2, 0) is 0 Å². The topological polar surface area (TPSA) is 24.9 Å². The molecule has 1 saturated carbocycles. The van der Waals surface area contributed by atoms with Gasteiger partial charge in [-0.2, -0.15) is 0 Å². The number of nitrogens with one attached hydrogen (secondary N) is 1. The van der Waals surface area contributed by atoms with Crippen molar-refractivity contribution >= 4 is 11.3 Å². The monoisotopic (exact) mass is 266 g/mol. The zero-order valence-corrected chi connectivity index (χ0v) is 12.7. The van der Waals surface area contributed by atoms with Gasteiger partial charge in [0, 0.05) is 17.6 Å². The van der Waals surface area contributed by atoms with E-state index in [0.717, 1.165) is 11.8 Å². The zero-order valence-electron chi connectivity index (χ0n) is 11.9. The molecular weight excluding hydrogens is 240 g/mol. The first-order chi connectivity index (χ1) is 8.65. The molecule has 1 N–H and O–H groups in total. The van der Waals surface area contributed by atoms with Gasteiger partial charge in [0.2, 0.25) is 0 Å². The van der Waals surface area contributed by atoms with Gasteiger partial charge in [-0.1, -0.05) is 26.7 Å². The van der Waals surface area contributed by atoms with E-state index in [1.807, 2.05) is 6.20 Å². The molecule has 1 heterocycles. The summed E-state index contributed by atoms with van der Waals surface area (Å²) in [4.78, 5) is 4.41. The van der Waals surface area contributed by atoms with Gasteiger partial charge in [-0.05, 0) is 38.0 Å². The quantitative estimate of drug-likeness (QED) is 0.854. The third-order valence-electron chi connectivity index (χ3n) is 3.90. The van der Waals surface area contributed by atoms with Crippen molar-refractivity contribution in [1.82, 2.24) is 10.3 Å². The first-order valence-electron chi connectivity index (χ1n) is 7.30. The van der Waals surface area contributed by atoms with Crippen molar-refractivity contribution in [1.29, 1.82) is 0 Å². The highest BCUT2D eigenvalue weighted by molar-refractivity contribution is 7.09. The average molecular weight is 266 g/mol. The van der Waals surface area contributed by atoms with Gasteiger partial charge in [-0.3, -0.25) is 0 Å². The molecule has 0 saturated heterocycles. The molecule has 0 bridgehead atoms. The number of hydrogen-bond acceptors (Lipinski definition) is 3. The molecule has 1 aliphatic rings. The molecule has 0 radical (unpaired) electrons. The van der Waals surface area contributed by atoms with E-state index in [1.54, 1.807) is 11.3 Å². The zero-order chi connectivity index (χ0) is 13.0. The molecule has 2 rings (SSSR count). The Labute approximate surface area is 115 Å². The number of aromatic nitrogens is 1. The van der Waals surface area contributed by atoms with Crippen LogP contribution in [0.5, 0.6) is 0 Å². The van der Waals surface area contributed by atoms with Gasteiger partial charge < -0.3 is 5.32 Å². The standard InChI is InChI=1S/C15H26N2S/c1-11(2)9-13-5-4-6-14(10-13)17-12(3)15-16-7-8-18-15/h7-8,11-14,17H,4-6,9-10H2,1-3H3. The summed E-state index contributed by atoms with van der Waals surface area (Å²) in [5.74, 6) is 1.77. The van der Waals surface area contributed by atoms with Gasteiger partial charge in [0.05, 0.1) is 6.04 Å². The number of thiazole rings is 1. The van der Waals surface area contributed by atoms with Crippen LogP contribution in [0.1, 0.15) is 63.9 Å². The lowest BCUT2D eigenvalue weighted by atomic mass is 9.81. The molecule has 1 aromatic rings. The summed E-state index contributed by atoms with van der Waals surface area (Å²) >= 11 is 1.76. The maximum absolute atomic E-state index is 4.41. The van der Waals surface area contributed by atoms with Gasteiger partial charge in [-0.15, -0.1) is 11.3 Å². The van der Waals surface area contributed by atoms with E-state index in [9.17, 15) is 0 Å². The maximum atomic E-state index is 4.41. The SMILES string of the molecule is CC(C)CC1CCCC(NC(C)c2nccs2)C1. The Balaban J connectivity index is 1.82. The summed E-state index contributed by atoms with van der Waals surface area (Å²) in [7, 11) is 0. The van der Waals surface area contributed by atoms with Crippen LogP contribution in [0.4, 0.5) is 0 Å². The van der Waals surface area contributed by atoms with Gasteiger partial charge in [0.25, 0.3) is 0 Å². The highest BCUT2D eigenvalue weighted by atomic mass is 32.1. The molecule has 102 valence electrons. The highest BCUT2D eigenvalue weighted by Crippen LogP contribution is 2.30. The van der Waals surface area contributed by atoms with Gasteiger partial charge in [0.1, 0.15) is 5.01 Å². The normalized spacial score (nSPS) is 26.4. The van der Waals surface area contributed by atoms with E-state index >= 15 is 0 Å². The lowest BCUT2D eigenvalue weighted by Crippen LogP contribution is -2.36. The number of nitrogens with zero attached hydrogens (tertiary/aromatic N) is 1. The van der Waals surface area contributed by atoms with Crippen LogP contribution in [0, 0.1) is 11.8 Å². The van der Waals surface area contributed by atoms with Crippen LogP contribution in [0.25, 0.3) is 0 Å². The fourth-order valence-electron chi connectivity index (χ4n) is 3.20. The van der Waals surface area contributed by atoms with Crippen molar-refractivity contribution in [3.05, 3.63) is 16.6 Å². The number of rotatable bonds is 5. The minimum Gasteiger partial charge on any atom is -0.305 e. The summed E-state index contributed by atoms with van der Waals surface area (Å²) in [5.41, 5.74) is 0. The highest BCUT2D eigenvalue weighted by Gasteiger charge is 2.24. The van der Waals surface area contributed by atoms with Gasteiger partial charge in [-0.25, -0.2) is 4.98 Å². The van der Waals surface area contributed by atoms with Crippen LogP contribution in [0.15, 0.2) is 11.6 Å². The molecule has 2 nitrogen and oxygen atoms in total. The third-order valence-corrected chi connectivity index (χ3v) is 4.85. The Kier molecular flexibility index (Phi) is 5.19. The van der Waals surface area contributed by atoms with E-state index in [2.05, 4.69) is 36.5 Å². The predicted molar refractivity (Wildman–Crippen MR) is 78.9 cm³/mol. The van der Waals surface area contributed by atoms with E-state index in [0.29, 0.717) is 12.1 Å². The molecule has 0 spiro atoms. The van der Waals surface area contributed by atoms with E-state index in [1.165, 1.54) is 37.1 Å². The Morgan fingerprint density at radius 2 is 2.22 bits per heavy atom. The van der Waals surface area contributed by atoms with E-state index in [-0.39, 0.29) is 0 Å². The second kappa shape index (κ2) is 6.67. The van der Waals surface area contributed by atoms with Crippen molar-refractivity contribution < 1.29 is 0 Å². The van der Waals surface area contributed by atoms with Crippen LogP contribution in [0.3, 0.4) is 0 Å². The Morgan fingerprint density at radius 1 is 1.39 bits per heavy atom. The summed E-state index contributed by atoms with van der Waals surface area (Å²) in [6.45, 7) is 6.93. The molecular formula is C15H26N2S. The van der Waals surface area contributed by atoms with Crippen molar-refractivity contribution in [3.63, 3.8) is 0 Å². The number of hydrogen-bond donors (Lipinski definition) is 1. The van der Waals surface area contributed by atoms with E-state index < -0.39 is 0 Å². The summed E-state index contributed by atoms with van der Waals surface area (Å²) in [6.07, 6.45) is 8.81. The Morgan fingerprint density at radius 3 is 2.89 bits per heavy atom. The fraction of sp³-hybridized carbons (Fsp3) is 0.800. The summed E-state index contributed by atoms with van der Waals surface area (Å²) in [5, 5.41) is 7.06. The van der Waals surface area contributed by atoms with Crippen LogP contribution in [-0.4, -0.2) is 11.0 Å². The molecule has 1 aliphatic carbocycles. The molecule has 1 fully saturated rings. The van der Waals surface area contributed by atoms with Crippen LogP contribution in [0.2, 0.25) is 0 Å². The van der Waals surface area contributed by atoms with Crippen LogP contribution >= 0.6 is 11.3 Å². The van der Waals surface area contributed by atoms with Crippen molar-refractivity contribution in [2.75, 3.05) is 0 Å². The average Bonchev–Trinajstić information content (AvgIpc) is 2.81.